The first-order valence-electron chi connectivity index (χ1n) is 30.9. The molecule has 74 heavy (non-hydrogen) atoms. The predicted molar refractivity (Wildman–Crippen MR) is 307 cm³/mol. The first kappa shape index (κ1) is 71.7. The molecule has 0 amide bonds. The highest BCUT2D eigenvalue weighted by Crippen LogP contribution is 2.43. The molecule has 0 radical (unpaired) electrons. The van der Waals surface area contributed by atoms with Gasteiger partial charge in [-0.3, -0.25) is 23.4 Å². The maximum Gasteiger partial charge on any atom is 0.472 e. The van der Waals surface area contributed by atoms with Crippen LogP contribution in [0.4, 0.5) is 0 Å². The van der Waals surface area contributed by atoms with Crippen molar-refractivity contribution >= 4 is 25.7 Å². The van der Waals surface area contributed by atoms with Crippen molar-refractivity contribution in [3.05, 3.63) is 36.5 Å². The van der Waals surface area contributed by atoms with Crippen LogP contribution in [0.2, 0.25) is 0 Å². The number of aliphatic hydroxyl groups excluding tert-OH is 1. The van der Waals surface area contributed by atoms with Gasteiger partial charge in [0.25, 0.3) is 0 Å². The van der Waals surface area contributed by atoms with E-state index in [0.29, 0.717) is 19.3 Å². The van der Waals surface area contributed by atoms with E-state index in [1.54, 1.807) is 0 Å². The molecule has 434 valence electrons. The average molecular weight is 1070 g/mol. The molecular weight excluding hydrogens is 952 g/mol. The largest absolute Gasteiger partial charge is 0.472 e. The van der Waals surface area contributed by atoms with Crippen molar-refractivity contribution in [3.63, 3.8) is 0 Å². The summed E-state index contributed by atoms with van der Waals surface area (Å²) >= 11 is 0. The Morgan fingerprint density at radius 3 is 1.04 bits per heavy atom. The van der Waals surface area contributed by atoms with Crippen LogP contribution in [0.25, 0.3) is 0 Å². The van der Waals surface area contributed by atoms with Crippen LogP contribution in [-0.2, 0) is 42.2 Å². The zero-order chi connectivity index (χ0) is 54.1. The van der Waals surface area contributed by atoms with Crippen LogP contribution >= 0.6 is 7.82 Å². The lowest BCUT2D eigenvalue weighted by atomic mass is 10.0. The molecule has 0 aliphatic carbocycles. The molecule has 0 aromatic rings. The summed E-state index contributed by atoms with van der Waals surface area (Å²) in [5.41, 5.74) is 0. The van der Waals surface area contributed by atoms with Gasteiger partial charge < -0.3 is 24.2 Å². The fourth-order valence-corrected chi connectivity index (χ4v) is 9.58. The summed E-state index contributed by atoms with van der Waals surface area (Å²) in [6.45, 7) is 4.65. The lowest BCUT2D eigenvalue weighted by molar-refractivity contribution is -0.161. The first-order valence-corrected chi connectivity index (χ1v) is 32.4. The third kappa shape index (κ3) is 54.5. The molecule has 0 aromatic heterocycles. The minimum Gasteiger partial charge on any atom is -0.462 e. The lowest BCUT2D eigenvalue weighted by Crippen LogP contribution is -2.30. The number of ether oxygens (including phenoxy) is 3. The van der Waals surface area contributed by atoms with Gasteiger partial charge in [-0.1, -0.05) is 243 Å². The molecule has 3 atom stereocenters. The summed E-state index contributed by atoms with van der Waals surface area (Å²) in [7, 11) is -4.75. The Hall–Kier alpha value is -2.30. The van der Waals surface area contributed by atoms with Gasteiger partial charge in [-0.15, -0.1) is 0 Å². The molecule has 0 spiro atoms. The number of esters is 3. The van der Waals surface area contributed by atoms with E-state index in [4.69, 9.17) is 23.3 Å². The second-order valence-corrected chi connectivity index (χ2v) is 22.3. The number of carbonyl (C=O) groups excluding carboxylic acids is 3. The number of rotatable bonds is 58. The van der Waals surface area contributed by atoms with Gasteiger partial charge in [0.05, 0.1) is 19.8 Å². The first-order chi connectivity index (χ1) is 36.2. The summed E-state index contributed by atoms with van der Waals surface area (Å²) < 4.78 is 39.6. The Bertz CT molecular complexity index is 1380. The van der Waals surface area contributed by atoms with Crippen molar-refractivity contribution in [2.24, 2.45) is 0 Å². The number of hydrogen-bond donors (Lipinski definition) is 2. The number of phosphoric ester groups is 1. The van der Waals surface area contributed by atoms with Crippen LogP contribution in [0.15, 0.2) is 36.5 Å². The molecule has 0 aliphatic rings. The van der Waals surface area contributed by atoms with Crippen molar-refractivity contribution in [3.8, 4) is 0 Å². The van der Waals surface area contributed by atoms with E-state index in [1.807, 2.05) is 0 Å². The molecule has 0 rings (SSSR count). The van der Waals surface area contributed by atoms with Gasteiger partial charge in [-0.05, 0) is 77.0 Å². The van der Waals surface area contributed by atoms with Crippen LogP contribution in [0.3, 0.4) is 0 Å². The Kier molecular flexibility index (Phi) is 55.1. The Morgan fingerprint density at radius 2 is 0.662 bits per heavy atom. The fourth-order valence-electron chi connectivity index (χ4n) is 8.79. The van der Waals surface area contributed by atoms with Crippen molar-refractivity contribution in [1.82, 2.24) is 0 Å². The predicted octanol–water partition coefficient (Wildman–Crippen LogP) is 18.4. The Morgan fingerprint density at radius 1 is 0.378 bits per heavy atom. The number of unbranched alkanes of at least 4 members (excludes halogenated alkanes) is 35. The van der Waals surface area contributed by atoms with E-state index in [0.717, 1.165) is 77.0 Å². The SMILES string of the molecule is CCCCC/C=C\C/C=C\CCCCCCCCCC(=O)OCC(COP(=O)(O)OCC(CO)OC(=O)CCCCCCCCCCCCCCC)OC(=O)CCCCCCCCC/C=C\CCCCCCCC. The second-order valence-electron chi connectivity index (χ2n) is 20.9. The van der Waals surface area contributed by atoms with Crippen LogP contribution in [0.5, 0.6) is 0 Å². The topological polar surface area (TPSA) is 155 Å². The van der Waals surface area contributed by atoms with E-state index >= 15 is 0 Å². The van der Waals surface area contributed by atoms with Gasteiger partial charge >= 0.3 is 25.7 Å². The molecule has 2 N–H and O–H groups in total. The van der Waals surface area contributed by atoms with E-state index in [2.05, 4.69) is 57.2 Å². The molecule has 0 aliphatic heterocycles. The van der Waals surface area contributed by atoms with E-state index in [9.17, 15) is 28.9 Å². The molecular formula is C62H115O11P. The zero-order valence-corrected chi connectivity index (χ0v) is 49.0. The number of allylic oxidation sites excluding steroid dienone is 6. The number of aliphatic hydroxyl groups is 1. The Balaban J connectivity index is 4.70. The summed E-state index contributed by atoms with van der Waals surface area (Å²) in [6, 6.07) is 0. The highest BCUT2D eigenvalue weighted by atomic mass is 31.2. The van der Waals surface area contributed by atoms with Gasteiger partial charge in [0.2, 0.25) is 0 Å². The number of hydrogen-bond acceptors (Lipinski definition) is 10. The number of carbonyl (C=O) groups is 3. The van der Waals surface area contributed by atoms with Crippen molar-refractivity contribution in [2.75, 3.05) is 26.4 Å². The highest BCUT2D eigenvalue weighted by molar-refractivity contribution is 7.47. The maximum atomic E-state index is 12.9. The van der Waals surface area contributed by atoms with Gasteiger partial charge in [0, 0.05) is 19.3 Å². The van der Waals surface area contributed by atoms with Crippen LogP contribution in [0.1, 0.15) is 303 Å². The molecule has 11 nitrogen and oxygen atoms in total. The molecule has 0 aromatic carbocycles. The van der Waals surface area contributed by atoms with E-state index in [1.165, 1.54) is 167 Å². The summed E-state index contributed by atoms with van der Waals surface area (Å²) in [4.78, 5) is 48.6. The quantitative estimate of drug-likeness (QED) is 0.0197. The van der Waals surface area contributed by atoms with Crippen molar-refractivity contribution in [1.29, 1.82) is 0 Å². The molecule has 0 fully saturated rings. The minimum atomic E-state index is -4.75. The number of phosphoric acid groups is 1. The van der Waals surface area contributed by atoms with E-state index in [-0.39, 0.29) is 25.9 Å². The molecule has 0 bridgehead atoms. The molecule has 0 saturated carbocycles. The molecule has 12 heteroatoms. The van der Waals surface area contributed by atoms with Gasteiger partial charge in [0.1, 0.15) is 12.7 Å². The van der Waals surface area contributed by atoms with Gasteiger partial charge in [-0.25, -0.2) is 4.57 Å². The summed E-state index contributed by atoms with van der Waals surface area (Å²) in [6.07, 6.45) is 59.5. The lowest BCUT2D eigenvalue weighted by Gasteiger charge is -2.21. The van der Waals surface area contributed by atoms with Crippen LogP contribution in [0, 0.1) is 0 Å². The van der Waals surface area contributed by atoms with E-state index < -0.39 is 57.8 Å². The maximum absolute atomic E-state index is 12.9. The van der Waals surface area contributed by atoms with Crippen LogP contribution in [-0.4, -0.2) is 66.5 Å². The third-order valence-electron chi connectivity index (χ3n) is 13.5. The minimum absolute atomic E-state index is 0.164. The van der Waals surface area contributed by atoms with Crippen molar-refractivity contribution in [2.45, 2.75) is 315 Å². The summed E-state index contributed by atoms with van der Waals surface area (Å²) in [5, 5.41) is 9.82. The molecule has 0 saturated heterocycles. The average Bonchev–Trinajstić information content (AvgIpc) is 3.39. The highest BCUT2D eigenvalue weighted by Gasteiger charge is 2.28. The van der Waals surface area contributed by atoms with Crippen molar-refractivity contribution < 1.29 is 52.2 Å². The third-order valence-corrected chi connectivity index (χ3v) is 14.5. The van der Waals surface area contributed by atoms with Gasteiger partial charge in [-0.2, -0.15) is 0 Å². The van der Waals surface area contributed by atoms with Crippen LogP contribution < -0.4 is 0 Å². The second kappa shape index (κ2) is 56.9. The molecule has 3 unspecified atom stereocenters. The monoisotopic (exact) mass is 1070 g/mol. The normalized spacial score (nSPS) is 13.5. The molecule has 0 heterocycles. The van der Waals surface area contributed by atoms with Gasteiger partial charge in [0.15, 0.2) is 6.10 Å². The zero-order valence-electron chi connectivity index (χ0n) is 48.1. The standard InChI is InChI=1S/C62H115O11P/c1-4-7-10-13-16-19-22-25-27-29-31-34-36-39-42-45-48-51-60(64)69-55-59(73-62(66)53-50-47-44-41-38-35-32-30-28-26-23-20-17-14-11-8-5-2)57-71-74(67,68)70-56-58(54-63)72-61(65)52-49-46-43-40-37-33-24-21-18-15-12-9-6-3/h16,19,25-28,58-59,63H,4-15,17-18,20-24,29-57H2,1-3H3,(H,67,68)/b19-16-,27-25-,28-26-. The summed E-state index contributed by atoms with van der Waals surface area (Å²) in [5.74, 6) is -1.46. The fraction of sp³-hybridized carbons (Fsp3) is 0.855. The smallest absolute Gasteiger partial charge is 0.462 e. The Labute approximate surface area is 454 Å².